The monoisotopic (exact) mass is 763 g/mol. The smallest absolute Gasteiger partial charge is 0.0786 e. The van der Waals surface area contributed by atoms with E-state index in [2.05, 4.69) is 41.5 Å². The first-order chi connectivity index (χ1) is 26.6. The van der Waals surface area contributed by atoms with Gasteiger partial charge >= 0.3 is 0 Å². The van der Waals surface area contributed by atoms with E-state index >= 15 is 0 Å². The van der Waals surface area contributed by atoms with Crippen molar-refractivity contribution in [3.8, 4) is 0 Å². The molecular weight excluding hydrogens is 653 g/mol. The van der Waals surface area contributed by atoms with Crippen molar-refractivity contribution < 1.29 is 8.97 Å². The van der Waals surface area contributed by atoms with Gasteiger partial charge in [0.25, 0.3) is 0 Å². The van der Waals surface area contributed by atoms with Crippen LogP contribution in [0.25, 0.3) is 0 Å². The molecule has 0 amide bonds. The average molecular weight is 763 g/mol. The quantitative estimate of drug-likeness (QED) is 0.0428. The van der Waals surface area contributed by atoms with Crippen LogP contribution in [0, 0.1) is 0 Å². The maximum Gasteiger partial charge on any atom is 0.0786 e. The number of rotatable bonds is 47. The highest BCUT2D eigenvalue weighted by atomic mass is 15.4. The first-order valence-electron chi connectivity index (χ1n) is 26.3. The van der Waals surface area contributed by atoms with Crippen LogP contribution in [0.15, 0.2) is 0 Å². The van der Waals surface area contributed by atoms with E-state index in [1.165, 1.54) is 305 Å². The van der Waals surface area contributed by atoms with Crippen LogP contribution in [0.2, 0.25) is 0 Å². The summed E-state index contributed by atoms with van der Waals surface area (Å²) in [5.74, 6) is 0. The predicted molar refractivity (Wildman–Crippen MR) is 249 cm³/mol. The van der Waals surface area contributed by atoms with Crippen LogP contribution in [0.3, 0.4) is 0 Å². The second-order valence-electron chi connectivity index (χ2n) is 18.8. The summed E-state index contributed by atoms with van der Waals surface area (Å²) in [6, 6.07) is 0. The molecule has 54 heavy (non-hydrogen) atoms. The Morgan fingerprint density at radius 3 is 0.426 bits per heavy atom. The molecule has 0 fully saturated rings. The van der Waals surface area contributed by atoms with Crippen molar-refractivity contribution in [3.05, 3.63) is 0 Å². The van der Waals surface area contributed by atoms with E-state index in [0.717, 1.165) is 0 Å². The molecule has 0 aromatic rings. The number of quaternary nitrogens is 2. The third kappa shape index (κ3) is 34.0. The van der Waals surface area contributed by atoms with E-state index in [0.29, 0.717) is 0 Å². The van der Waals surface area contributed by atoms with Crippen LogP contribution in [-0.4, -0.2) is 61.3 Å². The molecule has 0 unspecified atom stereocenters. The van der Waals surface area contributed by atoms with Crippen LogP contribution in [0.4, 0.5) is 0 Å². The third-order valence-corrected chi connectivity index (χ3v) is 13.4. The molecule has 0 atom stereocenters. The summed E-state index contributed by atoms with van der Waals surface area (Å²) in [6.45, 7) is 25.9. The van der Waals surface area contributed by atoms with Gasteiger partial charge in [0.15, 0.2) is 0 Å². The highest BCUT2D eigenvalue weighted by Gasteiger charge is 2.27. The topological polar surface area (TPSA) is 0 Å². The van der Waals surface area contributed by atoms with Gasteiger partial charge in [-0.15, -0.1) is 0 Å². The lowest BCUT2D eigenvalue weighted by atomic mass is 10.0. The second kappa shape index (κ2) is 42.5. The fraction of sp³-hybridized carbons (Fsp3) is 1.00. The Morgan fingerprint density at radius 1 is 0.148 bits per heavy atom. The highest BCUT2D eigenvalue weighted by Crippen LogP contribution is 2.22. The zero-order chi connectivity index (χ0) is 39.5. The molecule has 0 rings (SSSR count). The van der Waals surface area contributed by atoms with Gasteiger partial charge < -0.3 is 8.97 Å². The summed E-state index contributed by atoms with van der Waals surface area (Å²) >= 11 is 0. The lowest BCUT2D eigenvalue weighted by Crippen LogP contribution is -2.50. The molecule has 0 N–H and O–H groups in total. The molecule has 2 heteroatoms. The SMILES string of the molecule is CCCCCCCC[N+](CCCCCCCC)(CCCCCCCC)CCCCCCCCCCCCC[N+](CCCCC)(CCCCC)CCCCC. The first kappa shape index (κ1) is 53.9. The Morgan fingerprint density at radius 2 is 0.259 bits per heavy atom. The summed E-state index contributed by atoms with van der Waals surface area (Å²) in [4.78, 5) is 0. The zero-order valence-corrected chi connectivity index (χ0v) is 39.4. The molecule has 0 aliphatic heterocycles. The first-order valence-corrected chi connectivity index (χ1v) is 26.3. The van der Waals surface area contributed by atoms with Gasteiger partial charge in [0.1, 0.15) is 0 Å². The molecule has 0 heterocycles. The molecule has 0 spiro atoms. The van der Waals surface area contributed by atoms with Crippen LogP contribution in [0.5, 0.6) is 0 Å². The highest BCUT2D eigenvalue weighted by molar-refractivity contribution is 4.57. The molecule has 0 aromatic carbocycles. The van der Waals surface area contributed by atoms with Gasteiger partial charge in [-0.1, -0.05) is 183 Å². The molecule has 0 aliphatic carbocycles. The van der Waals surface area contributed by atoms with E-state index in [1.807, 2.05) is 0 Å². The Labute approximate surface area is 345 Å². The standard InChI is InChI=1S/C52H110N2/c1-7-13-19-22-32-40-49-54(50-41-33-23-20-14-8-2,51-42-34-24-21-15-9-3)52-44-36-31-29-27-25-26-28-30-35-43-48-53(45-37-16-10-4,46-38-17-11-5)47-39-18-12-6/h7-52H2,1-6H3/q+2. The van der Waals surface area contributed by atoms with Crippen molar-refractivity contribution >= 4 is 0 Å². The predicted octanol–water partition coefficient (Wildman–Crippen LogP) is 17.6. The number of hydrogen-bond acceptors (Lipinski definition) is 0. The molecular formula is C52H110N2+2. The fourth-order valence-electron chi connectivity index (χ4n) is 9.60. The summed E-state index contributed by atoms with van der Waals surface area (Å²) in [6.07, 6.45) is 55.1. The zero-order valence-electron chi connectivity index (χ0n) is 39.4. The van der Waals surface area contributed by atoms with Crippen LogP contribution >= 0.6 is 0 Å². The van der Waals surface area contributed by atoms with Gasteiger partial charge in [0.05, 0.1) is 52.4 Å². The van der Waals surface area contributed by atoms with Gasteiger partial charge in [-0.05, 0) is 103 Å². The van der Waals surface area contributed by atoms with Crippen molar-refractivity contribution in [1.29, 1.82) is 0 Å². The van der Waals surface area contributed by atoms with E-state index < -0.39 is 0 Å². The van der Waals surface area contributed by atoms with Crippen molar-refractivity contribution in [2.75, 3.05) is 52.4 Å². The minimum Gasteiger partial charge on any atom is -0.324 e. The number of hydrogen-bond donors (Lipinski definition) is 0. The summed E-state index contributed by atoms with van der Waals surface area (Å²) < 4.78 is 2.93. The van der Waals surface area contributed by atoms with Gasteiger partial charge in [-0.3, -0.25) is 0 Å². The lowest BCUT2D eigenvalue weighted by molar-refractivity contribution is -0.929. The van der Waals surface area contributed by atoms with Gasteiger partial charge in [-0.2, -0.15) is 0 Å². The number of unbranched alkanes of at least 4 members (excludes halogenated alkanes) is 31. The van der Waals surface area contributed by atoms with Gasteiger partial charge in [0, 0.05) is 0 Å². The molecule has 0 saturated carbocycles. The Hall–Kier alpha value is -0.0800. The minimum absolute atomic E-state index is 1.36. The Bertz CT molecular complexity index is 621. The normalized spacial score (nSPS) is 12.3. The number of nitrogens with zero attached hydrogens (tertiary/aromatic N) is 2. The fourth-order valence-corrected chi connectivity index (χ4v) is 9.60. The van der Waals surface area contributed by atoms with E-state index in [9.17, 15) is 0 Å². The van der Waals surface area contributed by atoms with Crippen LogP contribution in [0.1, 0.15) is 286 Å². The van der Waals surface area contributed by atoms with Crippen molar-refractivity contribution in [2.45, 2.75) is 286 Å². The summed E-state index contributed by atoms with van der Waals surface area (Å²) in [5.41, 5.74) is 0. The molecule has 2 nitrogen and oxygen atoms in total. The summed E-state index contributed by atoms with van der Waals surface area (Å²) in [5, 5.41) is 0. The van der Waals surface area contributed by atoms with E-state index in [-0.39, 0.29) is 0 Å². The third-order valence-electron chi connectivity index (χ3n) is 13.4. The molecule has 0 aromatic heterocycles. The van der Waals surface area contributed by atoms with Crippen molar-refractivity contribution in [1.82, 2.24) is 0 Å². The molecule has 0 aliphatic rings. The maximum atomic E-state index is 2.38. The van der Waals surface area contributed by atoms with E-state index in [4.69, 9.17) is 0 Å². The molecule has 0 saturated heterocycles. The summed E-state index contributed by atoms with van der Waals surface area (Å²) in [7, 11) is 0. The van der Waals surface area contributed by atoms with Gasteiger partial charge in [-0.25, -0.2) is 0 Å². The maximum absolute atomic E-state index is 2.38. The molecule has 0 bridgehead atoms. The lowest BCUT2D eigenvalue weighted by Gasteiger charge is -2.40. The van der Waals surface area contributed by atoms with Crippen molar-refractivity contribution in [3.63, 3.8) is 0 Å². The van der Waals surface area contributed by atoms with Crippen LogP contribution in [-0.2, 0) is 0 Å². The largest absolute Gasteiger partial charge is 0.324 e. The van der Waals surface area contributed by atoms with Crippen LogP contribution < -0.4 is 0 Å². The Balaban J connectivity index is 4.68. The van der Waals surface area contributed by atoms with Gasteiger partial charge in [0.2, 0.25) is 0 Å². The van der Waals surface area contributed by atoms with Crippen molar-refractivity contribution in [2.24, 2.45) is 0 Å². The average Bonchev–Trinajstić information content (AvgIpc) is 3.18. The molecule has 326 valence electrons. The van der Waals surface area contributed by atoms with E-state index in [1.54, 1.807) is 0 Å². The Kier molecular flexibility index (Phi) is 42.5. The molecule has 0 radical (unpaired) electrons. The second-order valence-corrected chi connectivity index (χ2v) is 18.8. The minimum atomic E-state index is 1.36.